The minimum atomic E-state index is 0. The molecular formula is C16H22Cl2N2S. The quantitative estimate of drug-likeness (QED) is 0.901. The zero-order chi connectivity index (χ0) is 12.7. The van der Waals surface area contributed by atoms with Crippen LogP contribution >= 0.6 is 36.2 Å². The van der Waals surface area contributed by atoms with Crippen molar-refractivity contribution in [1.82, 2.24) is 10.2 Å². The minimum Gasteiger partial charge on any atom is -0.314 e. The zero-order valence-corrected chi connectivity index (χ0v) is 14.4. The van der Waals surface area contributed by atoms with Crippen molar-refractivity contribution >= 4 is 46.2 Å². The Morgan fingerprint density at radius 3 is 2.52 bits per heavy atom. The molecule has 2 nitrogen and oxygen atoms in total. The van der Waals surface area contributed by atoms with Gasteiger partial charge >= 0.3 is 0 Å². The van der Waals surface area contributed by atoms with Crippen molar-refractivity contribution in [2.45, 2.75) is 18.9 Å². The van der Waals surface area contributed by atoms with Gasteiger partial charge in [0.25, 0.3) is 0 Å². The van der Waals surface area contributed by atoms with Gasteiger partial charge in [0, 0.05) is 36.9 Å². The number of hydrogen-bond acceptors (Lipinski definition) is 3. The lowest BCUT2D eigenvalue weighted by Crippen LogP contribution is -2.45. The first-order valence-electron chi connectivity index (χ1n) is 7.34. The van der Waals surface area contributed by atoms with Crippen LogP contribution in [0.3, 0.4) is 0 Å². The van der Waals surface area contributed by atoms with Gasteiger partial charge in [0.1, 0.15) is 0 Å². The van der Waals surface area contributed by atoms with Crippen molar-refractivity contribution < 1.29 is 0 Å². The number of piperazine rings is 1. The molecule has 1 saturated carbocycles. The first-order valence-corrected chi connectivity index (χ1v) is 8.22. The standard InChI is InChI=1S/C16H20N2S.2ClH/c1-2-4-15-13(3-1)14(11-19-15)16(12-5-6-12)18-9-7-17-8-10-18;;/h1-4,11-12,16-17H,5-10H2;2*1H/t16-;;/m1../s1. The van der Waals surface area contributed by atoms with E-state index >= 15 is 0 Å². The minimum absolute atomic E-state index is 0. The second-order valence-corrected chi connectivity index (χ2v) is 6.67. The van der Waals surface area contributed by atoms with Crippen LogP contribution in [0.2, 0.25) is 0 Å². The first kappa shape index (κ1) is 17.0. The second kappa shape index (κ2) is 7.30. The van der Waals surface area contributed by atoms with Gasteiger partial charge in [-0.2, -0.15) is 0 Å². The number of fused-ring (bicyclic) bond motifs is 1. The third-order valence-electron chi connectivity index (χ3n) is 4.44. The van der Waals surface area contributed by atoms with Gasteiger partial charge in [-0.25, -0.2) is 0 Å². The topological polar surface area (TPSA) is 15.3 Å². The maximum atomic E-state index is 3.47. The normalized spacial score (nSPS) is 20.6. The van der Waals surface area contributed by atoms with Crippen molar-refractivity contribution in [2.75, 3.05) is 26.2 Å². The Labute approximate surface area is 142 Å². The maximum Gasteiger partial charge on any atom is 0.0391 e. The van der Waals surface area contributed by atoms with E-state index in [0.29, 0.717) is 6.04 Å². The number of benzene rings is 1. The SMILES string of the molecule is Cl.Cl.c1ccc2c([C@@H](C3CC3)N3CCNCC3)csc2c1. The number of nitrogens with one attached hydrogen (secondary N) is 1. The highest BCUT2D eigenvalue weighted by atomic mass is 35.5. The molecule has 1 atom stereocenters. The highest BCUT2D eigenvalue weighted by molar-refractivity contribution is 7.17. The molecule has 0 bridgehead atoms. The van der Waals surface area contributed by atoms with Crippen LogP contribution in [0.15, 0.2) is 29.6 Å². The fourth-order valence-electron chi connectivity index (χ4n) is 3.35. The Balaban J connectivity index is 0.000000807. The van der Waals surface area contributed by atoms with Crippen LogP contribution in [-0.2, 0) is 0 Å². The predicted octanol–water partition coefficient (Wildman–Crippen LogP) is 4.10. The van der Waals surface area contributed by atoms with Crippen molar-refractivity contribution in [2.24, 2.45) is 5.92 Å². The van der Waals surface area contributed by atoms with E-state index in [2.05, 4.69) is 39.9 Å². The van der Waals surface area contributed by atoms with Crippen molar-refractivity contribution in [3.8, 4) is 0 Å². The molecule has 2 aliphatic rings. The molecule has 1 N–H and O–H groups in total. The largest absolute Gasteiger partial charge is 0.314 e. The summed E-state index contributed by atoms with van der Waals surface area (Å²) in [7, 11) is 0. The Kier molecular flexibility index (Phi) is 5.92. The Hall–Kier alpha value is -0.320. The summed E-state index contributed by atoms with van der Waals surface area (Å²) in [5, 5.41) is 7.37. The second-order valence-electron chi connectivity index (χ2n) is 5.76. The summed E-state index contributed by atoms with van der Waals surface area (Å²) >= 11 is 1.91. The predicted molar refractivity (Wildman–Crippen MR) is 96.2 cm³/mol. The molecular weight excluding hydrogens is 323 g/mol. The van der Waals surface area contributed by atoms with Crippen LogP contribution in [0.5, 0.6) is 0 Å². The maximum absolute atomic E-state index is 3.47. The van der Waals surface area contributed by atoms with Crippen molar-refractivity contribution in [3.05, 3.63) is 35.2 Å². The molecule has 1 saturated heterocycles. The Bertz CT molecular complexity index is 576. The summed E-state index contributed by atoms with van der Waals surface area (Å²) < 4.78 is 1.44. The third kappa shape index (κ3) is 3.38. The first-order chi connectivity index (χ1) is 9.43. The lowest BCUT2D eigenvalue weighted by molar-refractivity contribution is 0.157. The highest BCUT2D eigenvalue weighted by Gasteiger charge is 2.37. The third-order valence-corrected chi connectivity index (χ3v) is 5.42. The monoisotopic (exact) mass is 344 g/mol. The van der Waals surface area contributed by atoms with Gasteiger partial charge in [-0.3, -0.25) is 4.90 Å². The number of nitrogens with zero attached hydrogens (tertiary/aromatic N) is 1. The molecule has 1 aromatic carbocycles. The van der Waals surface area contributed by atoms with Crippen LogP contribution in [0.25, 0.3) is 10.1 Å². The molecule has 0 spiro atoms. The summed E-state index contributed by atoms with van der Waals surface area (Å²) in [4.78, 5) is 2.71. The molecule has 2 heterocycles. The molecule has 5 heteroatoms. The van der Waals surface area contributed by atoms with Gasteiger partial charge in [-0.15, -0.1) is 36.2 Å². The van der Waals surface area contributed by atoms with E-state index in [1.54, 1.807) is 5.56 Å². The van der Waals surface area contributed by atoms with Gasteiger partial charge in [0.15, 0.2) is 0 Å². The molecule has 21 heavy (non-hydrogen) atoms. The lowest BCUT2D eigenvalue weighted by Gasteiger charge is -2.35. The van der Waals surface area contributed by atoms with E-state index in [9.17, 15) is 0 Å². The number of hydrogen-bond donors (Lipinski definition) is 1. The summed E-state index contributed by atoms with van der Waals surface area (Å²) in [6.07, 6.45) is 2.83. The average Bonchev–Trinajstić information content (AvgIpc) is 3.21. The van der Waals surface area contributed by atoms with E-state index in [-0.39, 0.29) is 24.8 Å². The molecule has 2 fully saturated rings. The van der Waals surface area contributed by atoms with Crippen molar-refractivity contribution in [3.63, 3.8) is 0 Å². The lowest BCUT2D eigenvalue weighted by atomic mass is 9.99. The van der Waals surface area contributed by atoms with Gasteiger partial charge in [-0.05, 0) is 41.2 Å². The molecule has 0 unspecified atom stereocenters. The van der Waals surface area contributed by atoms with Crippen LogP contribution in [0, 0.1) is 5.92 Å². The smallest absolute Gasteiger partial charge is 0.0391 e. The molecule has 1 aliphatic heterocycles. The number of thiophene rings is 1. The molecule has 2 aromatic rings. The van der Waals surface area contributed by atoms with E-state index < -0.39 is 0 Å². The van der Waals surface area contributed by atoms with Crippen molar-refractivity contribution in [1.29, 1.82) is 0 Å². The van der Waals surface area contributed by atoms with Crippen LogP contribution in [-0.4, -0.2) is 31.1 Å². The fraction of sp³-hybridized carbons (Fsp3) is 0.500. The molecule has 0 amide bonds. The zero-order valence-electron chi connectivity index (χ0n) is 12.0. The Morgan fingerprint density at radius 1 is 1.10 bits per heavy atom. The summed E-state index contributed by atoms with van der Waals surface area (Å²) in [5.74, 6) is 0.899. The van der Waals surface area contributed by atoms with E-state index in [0.717, 1.165) is 19.0 Å². The number of rotatable bonds is 3. The van der Waals surface area contributed by atoms with Crippen LogP contribution < -0.4 is 5.32 Å². The Morgan fingerprint density at radius 2 is 1.81 bits per heavy atom. The van der Waals surface area contributed by atoms with Gasteiger partial charge in [0.2, 0.25) is 0 Å². The summed E-state index contributed by atoms with van der Waals surface area (Å²) in [6.45, 7) is 4.69. The molecule has 4 rings (SSSR count). The molecule has 0 radical (unpaired) electrons. The average molecular weight is 345 g/mol. The summed E-state index contributed by atoms with van der Waals surface area (Å²) in [6, 6.07) is 9.56. The molecule has 116 valence electrons. The van der Waals surface area contributed by atoms with E-state index in [1.807, 2.05) is 11.3 Å². The van der Waals surface area contributed by atoms with Crippen LogP contribution in [0.4, 0.5) is 0 Å². The van der Waals surface area contributed by atoms with Crippen LogP contribution in [0.1, 0.15) is 24.4 Å². The molecule has 1 aliphatic carbocycles. The van der Waals surface area contributed by atoms with Gasteiger partial charge in [0.05, 0.1) is 0 Å². The number of halogens is 2. The fourth-order valence-corrected chi connectivity index (χ4v) is 4.34. The van der Waals surface area contributed by atoms with E-state index in [1.165, 1.54) is 36.0 Å². The van der Waals surface area contributed by atoms with E-state index in [4.69, 9.17) is 0 Å². The highest BCUT2D eigenvalue weighted by Crippen LogP contribution is 2.47. The van der Waals surface area contributed by atoms with Gasteiger partial charge < -0.3 is 5.32 Å². The molecule has 1 aromatic heterocycles. The van der Waals surface area contributed by atoms with Gasteiger partial charge in [-0.1, -0.05) is 18.2 Å². The summed E-state index contributed by atoms with van der Waals surface area (Å²) in [5.41, 5.74) is 1.59.